The Morgan fingerprint density at radius 3 is 2.58 bits per heavy atom. The smallest absolute Gasteiger partial charge is 0.222 e. The molecule has 0 aromatic rings. The molecule has 0 aromatic heterocycles. The fraction of sp³-hybridized carbons (Fsp3) is 0.933. The Bertz CT molecular complexity index is 297. The molecule has 2 fully saturated rings. The van der Waals surface area contributed by atoms with E-state index in [1.807, 2.05) is 0 Å². The summed E-state index contributed by atoms with van der Waals surface area (Å²) in [4.78, 5) is 14.3. The Morgan fingerprint density at radius 1 is 1.32 bits per heavy atom. The first-order valence-corrected chi connectivity index (χ1v) is 7.86. The van der Waals surface area contributed by atoms with Crippen molar-refractivity contribution in [2.45, 2.75) is 69.9 Å². The van der Waals surface area contributed by atoms with Crippen LogP contribution in [0, 0.1) is 0 Å². The summed E-state index contributed by atoms with van der Waals surface area (Å²) in [6.07, 6.45) is 7.75. The number of nitrogens with zero attached hydrogens (tertiary/aromatic N) is 1. The molecule has 2 rings (SSSR count). The average molecular weight is 268 g/mol. The van der Waals surface area contributed by atoms with Crippen molar-refractivity contribution in [2.24, 2.45) is 0 Å². The molecule has 0 spiro atoms. The number of hydrogen-bond donors (Lipinski definition) is 2. The summed E-state index contributed by atoms with van der Waals surface area (Å²) in [5.41, 5.74) is -0.733. The van der Waals surface area contributed by atoms with Gasteiger partial charge in [-0.15, -0.1) is 0 Å². The molecule has 4 nitrogen and oxygen atoms in total. The second kappa shape index (κ2) is 6.71. The minimum atomic E-state index is -0.733. The fourth-order valence-electron chi connectivity index (χ4n) is 3.13. The van der Waals surface area contributed by atoms with Crippen LogP contribution >= 0.6 is 0 Å². The number of carbonyl (C=O) groups is 1. The van der Waals surface area contributed by atoms with Crippen LogP contribution in [0.4, 0.5) is 0 Å². The van der Waals surface area contributed by atoms with E-state index in [1.165, 1.54) is 19.3 Å². The monoisotopic (exact) mass is 268 g/mol. The summed E-state index contributed by atoms with van der Waals surface area (Å²) >= 11 is 0. The van der Waals surface area contributed by atoms with Crippen LogP contribution in [0.25, 0.3) is 0 Å². The van der Waals surface area contributed by atoms with Crippen LogP contribution in [0.2, 0.25) is 0 Å². The molecule has 0 aromatic carbocycles. The molecule has 0 unspecified atom stereocenters. The summed E-state index contributed by atoms with van der Waals surface area (Å²) in [6, 6.07) is 0.754. The first-order chi connectivity index (χ1) is 9.13. The molecular formula is C15H28N2O2. The van der Waals surface area contributed by atoms with E-state index in [2.05, 4.69) is 17.1 Å². The zero-order chi connectivity index (χ0) is 13.7. The third kappa shape index (κ3) is 4.77. The largest absolute Gasteiger partial charge is 0.389 e. The van der Waals surface area contributed by atoms with Gasteiger partial charge in [-0.25, -0.2) is 0 Å². The SMILES string of the molecule is CCN(CCNC(=O)CC1(O)CCCCC1)C1CC1. The van der Waals surface area contributed by atoms with Gasteiger partial charge in [0.15, 0.2) is 0 Å². The van der Waals surface area contributed by atoms with E-state index in [1.54, 1.807) is 0 Å². The van der Waals surface area contributed by atoms with Gasteiger partial charge in [0, 0.05) is 19.1 Å². The number of amides is 1. The van der Waals surface area contributed by atoms with Gasteiger partial charge in [0.1, 0.15) is 0 Å². The molecular weight excluding hydrogens is 240 g/mol. The van der Waals surface area contributed by atoms with Crippen molar-refractivity contribution in [3.05, 3.63) is 0 Å². The number of rotatable bonds is 7. The quantitative estimate of drug-likeness (QED) is 0.738. The molecule has 1 amide bonds. The van der Waals surface area contributed by atoms with Crippen molar-refractivity contribution in [3.8, 4) is 0 Å². The fourth-order valence-corrected chi connectivity index (χ4v) is 3.13. The molecule has 2 saturated carbocycles. The molecule has 2 aliphatic rings. The summed E-state index contributed by atoms with van der Waals surface area (Å²) in [5.74, 6) is 0.0104. The van der Waals surface area contributed by atoms with Crippen molar-refractivity contribution in [1.29, 1.82) is 0 Å². The number of hydrogen-bond acceptors (Lipinski definition) is 3. The van der Waals surface area contributed by atoms with Crippen molar-refractivity contribution >= 4 is 5.91 Å². The second-order valence-corrected chi connectivity index (χ2v) is 6.17. The van der Waals surface area contributed by atoms with Crippen LogP contribution < -0.4 is 5.32 Å². The van der Waals surface area contributed by atoms with Crippen molar-refractivity contribution in [3.63, 3.8) is 0 Å². The van der Waals surface area contributed by atoms with Crippen molar-refractivity contribution in [2.75, 3.05) is 19.6 Å². The molecule has 0 heterocycles. The molecule has 0 atom stereocenters. The zero-order valence-corrected chi connectivity index (χ0v) is 12.2. The maximum atomic E-state index is 11.9. The van der Waals surface area contributed by atoms with Crippen LogP contribution in [0.5, 0.6) is 0 Å². The number of likely N-dealkylation sites (N-methyl/N-ethyl adjacent to an activating group) is 1. The third-order valence-electron chi connectivity index (χ3n) is 4.46. The highest BCUT2D eigenvalue weighted by molar-refractivity contribution is 5.77. The van der Waals surface area contributed by atoms with Crippen molar-refractivity contribution in [1.82, 2.24) is 10.2 Å². The number of aliphatic hydroxyl groups is 1. The van der Waals surface area contributed by atoms with Gasteiger partial charge in [-0.1, -0.05) is 26.2 Å². The van der Waals surface area contributed by atoms with E-state index >= 15 is 0 Å². The highest BCUT2D eigenvalue weighted by Gasteiger charge is 2.32. The van der Waals surface area contributed by atoms with E-state index in [-0.39, 0.29) is 12.3 Å². The van der Waals surface area contributed by atoms with Crippen LogP contribution in [0.1, 0.15) is 58.3 Å². The summed E-state index contributed by atoms with van der Waals surface area (Å²) in [7, 11) is 0. The summed E-state index contributed by atoms with van der Waals surface area (Å²) in [5, 5.41) is 13.3. The van der Waals surface area contributed by atoms with Crippen LogP contribution in [-0.4, -0.2) is 47.2 Å². The summed E-state index contributed by atoms with van der Waals surface area (Å²) < 4.78 is 0. The first kappa shape index (κ1) is 14.8. The van der Waals surface area contributed by atoms with Crippen molar-refractivity contribution < 1.29 is 9.90 Å². The van der Waals surface area contributed by atoms with Crippen LogP contribution in [0.15, 0.2) is 0 Å². The predicted octanol–water partition coefficient (Wildman–Crippen LogP) is 1.67. The zero-order valence-electron chi connectivity index (χ0n) is 12.2. The minimum Gasteiger partial charge on any atom is -0.389 e. The van der Waals surface area contributed by atoms with Gasteiger partial charge in [-0.3, -0.25) is 9.69 Å². The van der Waals surface area contributed by atoms with Gasteiger partial charge in [0.05, 0.1) is 12.0 Å². The Morgan fingerprint density at radius 2 is 2.00 bits per heavy atom. The van der Waals surface area contributed by atoms with Gasteiger partial charge in [-0.2, -0.15) is 0 Å². The van der Waals surface area contributed by atoms with Crippen LogP contribution in [-0.2, 0) is 4.79 Å². The lowest BCUT2D eigenvalue weighted by molar-refractivity contribution is -0.127. The Kier molecular flexibility index (Phi) is 5.22. The highest BCUT2D eigenvalue weighted by atomic mass is 16.3. The molecule has 4 heteroatoms. The Hall–Kier alpha value is -0.610. The molecule has 110 valence electrons. The van der Waals surface area contributed by atoms with Gasteiger partial charge < -0.3 is 10.4 Å². The van der Waals surface area contributed by atoms with Crippen LogP contribution in [0.3, 0.4) is 0 Å². The third-order valence-corrected chi connectivity index (χ3v) is 4.46. The lowest BCUT2D eigenvalue weighted by Gasteiger charge is -2.31. The first-order valence-electron chi connectivity index (χ1n) is 7.86. The standard InChI is InChI=1S/C15H28N2O2/c1-2-17(13-6-7-13)11-10-16-14(18)12-15(19)8-4-3-5-9-15/h13,19H,2-12H2,1H3,(H,16,18). The molecule has 2 N–H and O–H groups in total. The normalized spacial score (nSPS) is 22.5. The lowest BCUT2D eigenvalue weighted by atomic mass is 9.82. The van der Waals surface area contributed by atoms with E-state index in [4.69, 9.17) is 0 Å². The second-order valence-electron chi connectivity index (χ2n) is 6.17. The predicted molar refractivity (Wildman–Crippen MR) is 75.9 cm³/mol. The molecule has 2 aliphatic carbocycles. The number of carbonyl (C=O) groups excluding carboxylic acids is 1. The topological polar surface area (TPSA) is 52.6 Å². The Labute approximate surface area is 116 Å². The molecule has 0 saturated heterocycles. The maximum absolute atomic E-state index is 11.9. The van der Waals surface area contributed by atoms with E-state index in [9.17, 15) is 9.90 Å². The lowest BCUT2D eigenvalue weighted by Crippen LogP contribution is -2.41. The molecule has 0 bridgehead atoms. The number of nitrogens with one attached hydrogen (secondary N) is 1. The van der Waals surface area contributed by atoms with Gasteiger partial charge in [0.25, 0.3) is 0 Å². The Balaban J connectivity index is 1.63. The molecule has 19 heavy (non-hydrogen) atoms. The summed E-state index contributed by atoms with van der Waals surface area (Å²) in [6.45, 7) is 4.87. The molecule has 0 aliphatic heterocycles. The van der Waals surface area contributed by atoms with Gasteiger partial charge in [0.2, 0.25) is 5.91 Å². The van der Waals surface area contributed by atoms with E-state index < -0.39 is 5.60 Å². The molecule has 0 radical (unpaired) electrons. The highest BCUT2D eigenvalue weighted by Crippen LogP contribution is 2.30. The van der Waals surface area contributed by atoms with E-state index in [0.29, 0.717) is 6.54 Å². The van der Waals surface area contributed by atoms with Gasteiger partial charge >= 0.3 is 0 Å². The minimum absolute atomic E-state index is 0.0104. The average Bonchev–Trinajstić information content (AvgIpc) is 3.19. The maximum Gasteiger partial charge on any atom is 0.222 e. The van der Waals surface area contributed by atoms with Gasteiger partial charge in [-0.05, 0) is 32.2 Å². The van der Waals surface area contributed by atoms with E-state index in [0.717, 1.165) is 44.8 Å².